The van der Waals surface area contributed by atoms with Crippen LogP contribution in [0.2, 0.25) is 0 Å². The third-order valence-corrected chi connectivity index (χ3v) is 5.15. The van der Waals surface area contributed by atoms with Crippen molar-refractivity contribution in [1.29, 1.82) is 0 Å². The van der Waals surface area contributed by atoms with Crippen molar-refractivity contribution >= 4 is 28.3 Å². The van der Waals surface area contributed by atoms with Gasteiger partial charge < -0.3 is 14.8 Å². The highest BCUT2D eigenvalue weighted by molar-refractivity contribution is 6.44. The molecule has 0 spiro atoms. The van der Waals surface area contributed by atoms with Gasteiger partial charge in [0.1, 0.15) is 5.82 Å². The highest BCUT2D eigenvalue weighted by Gasteiger charge is 2.29. The number of carbonyl (C=O) groups excluding carboxylic acids is 2. The highest BCUT2D eigenvalue weighted by atomic mass is 19.1. The summed E-state index contributed by atoms with van der Waals surface area (Å²) in [6.45, 7) is 6.17. The van der Waals surface area contributed by atoms with Gasteiger partial charge in [-0.15, -0.1) is 0 Å². The molecule has 1 aliphatic heterocycles. The van der Waals surface area contributed by atoms with E-state index in [-0.39, 0.29) is 10.9 Å². The Balaban J connectivity index is 1.45. The van der Waals surface area contributed by atoms with Crippen LogP contribution in [0.4, 0.5) is 4.39 Å². The van der Waals surface area contributed by atoms with Crippen LogP contribution in [0.5, 0.6) is 0 Å². The van der Waals surface area contributed by atoms with Crippen LogP contribution in [0, 0.1) is 5.82 Å². The summed E-state index contributed by atoms with van der Waals surface area (Å²) in [7, 11) is 0. The molecule has 0 atom stereocenters. The zero-order chi connectivity index (χ0) is 19.7. The molecule has 2 aromatic carbocycles. The molecule has 0 unspecified atom stereocenters. The Morgan fingerprint density at radius 3 is 2.32 bits per heavy atom. The molecule has 0 saturated carbocycles. The lowest BCUT2D eigenvalue weighted by Gasteiger charge is -2.36. The lowest BCUT2D eigenvalue weighted by molar-refractivity contribution is -0.127. The lowest BCUT2D eigenvalue weighted by atomic mass is 10.1. The molecule has 2 heterocycles. The number of benzene rings is 2. The van der Waals surface area contributed by atoms with Crippen molar-refractivity contribution in [1.82, 2.24) is 14.8 Å². The summed E-state index contributed by atoms with van der Waals surface area (Å²) < 4.78 is 14.1. The van der Waals surface area contributed by atoms with Gasteiger partial charge in [-0.3, -0.25) is 9.59 Å². The van der Waals surface area contributed by atoms with E-state index in [9.17, 15) is 14.0 Å². The smallest absolute Gasteiger partial charge is 0.295 e. The second kappa shape index (κ2) is 7.31. The Labute approximate surface area is 162 Å². The van der Waals surface area contributed by atoms with Crippen LogP contribution in [-0.4, -0.2) is 52.7 Å². The molecule has 1 amide bonds. The van der Waals surface area contributed by atoms with Gasteiger partial charge in [-0.25, -0.2) is 4.39 Å². The first-order chi connectivity index (χ1) is 13.6. The summed E-state index contributed by atoms with van der Waals surface area (Å²) in [6.07, 6.45) is 1.40. The molecule has 4 rings (SSSR count). The minimum atomic E-state index is -0.688. The molecule has 1 N–H and O–H groups in total. The van der Waals surface area contributed by atoms with Crippen molar-refractivity contribution in [3.63, 3.8) is 0 Å². The largest absolute Gasteiger partial charge is 0.368 e. The van der Waals surface area contributed by atoms with Crippen LogP contribution in [-0.2, 0) is 4.79 Å². The van der Waals surface area contributed by atoms with Crippen LogP contribution < -0.4 is 0 Å². The maximum Gasteiger partial charge on any atom is 0.295 e. The van der Waals surface area contributed by atoms with Crippen molar-refractivity contribution in [2.75, 3.05) is 26.2 Å². The second-order valence-corrected chi connectivity index (χ2v) is 6.79. The van der Waals surface area contributed by atoms with Gasteiger partial charge in [-0.05, 0) is 17.7 Å². The molecule has 3 aromatic rings. The van der Waals surface area contributed by atoms with E-state index in [1.165, 1.54) is 17.2 Å². The molecule has 1 saturated heterocycles. The van der Waals surface area contributed by atoms with E-state index in [1.54, 1.807) is 12.1 Å². The van der Waals surface area contributed by atoms with Crippen molar-refractivity contribution in [3.8, 4) is 0 Å². The maximum atomic E-state index is 14.1. The molecule has 6 heteroatoms. The van der Waals surface area contributed by atoms with Crippen molar-refractivity contribution in [3.05, 3.63) is 78.3 Å². The number of halogens is 1. The fourth-order valence-electron chi connectivity index (χ4n) is 3.57. The number of Topliss-reactive ketones (excluding diaryl/α,β-unsaturated/α-hetero) is 1. The number of amides is 1. The average Bonchev–Trinajstić information content (AvgIpc) is 3.18. The number of rotatable bonds is 4. The Morgan fingerprint density at radius 1 is 0.929 bits per heavy atom. The number of nitrogens with one attached hydrogen (secondary N) is 1. The van der Waals surface area contributed by atoms with Gasteiger partial charge in [0.05, 0.1) is 5.56 Å². The minimum absolute atomic E-state index is 0.0780. The van der Waals surface area contributed by atoms with E-state index in [1.807, 2.05) is 30.3 Å². The van der Waals surface area contributed by atoms with Gasteiger partial charge in [-0.2, -0.15) is 0 Å². The first kappa shape index (κ1) is 18.0. The molecular formula is C22H20FN3O2. The quantitative estimate of drug-likeness (QED) is 0.561. The number of hydrogen-bond acceptors (Lipinski definition) is 3. The van der Waals surface area contributed by atoms with E-state index in [2.05, 4.69) is 16.5 Å². The summed E-state index contributed by atoms with van der Waals surface area (Å²) in [5.74, 6) is -1.81. The summed E-state index contributed by atoms with van der Waals surface area (Å²) in [5.41, 5.74) is 2.51. The van der Waals surface area contributed by atoms with Crippen LogP contribution in [0.3, 0.4) is 0 Å². The molecule has 1 aliphatic rings. The average molecular weight is 377 g/mol. The standard InChI is InChI=1S/C22H20FN3O2/c1-15(16-6-3-2-4-7-16)25-10-12-26(13-11-25)22(28)21(27)17-14-24-19-9-5-8-18(23)20(17)19/h2-9,14,24H,1,10-13H2. The fourth-order valence-corrected chi connectivity index (χ4v) is 3.57. The van der Waals surface area contributed by atoms with Gasteiger partial charge in [0.2, 0.25) is 0 Å². The number of ketones is 1. The molecule has 1 fully saturated rings. The van der Waals surface area contributed by atoms with Crippen LogP contribution in [0.25, 0.3) is 16.6 Å². The van der Waals surface area contributed by atoms with Crippen LogP contribution >= 0.6 is 0 Å². The van der Waals surface area contributed by atoms with Gasteiger partial charge in [0.25, 0.3) is 11.7 Å². The predicted molar refractivity (Wildman–Crippen MR) is 106 cm³/mol. The molecule has 5 nitrogen and oxygen atoms in total. The first-order valence-electron chi connectivity index (χ1n) is 9.14. The molecule has 0 bridgehead atoms. The summed E-state index contributed by atoms with van der Waals surface area (Å²) in [5, 5.41) is 0.164. The van der Waals surface area contributed by atoms with Crippen LogP contribution in [0.1, 0.15) is 15.9 Å². The molecular weight excluding hydrogens is 357 g/mol. The molecule has 28 heavy (non-hydrogen) atoms. The van der Waals surface area contributed by atoms with Gasteiger partial charge in [0.15, 0.2) is 0 Å². The van der Waals surface area contributed by atoms with Crippen molar-refractivity contribution < 1.29 is 14.0 Å². The van der Waals surface area contributed by atoms with Crippen molar-refractivity contribution in [2.24, 2.45) is 0 Å². The third kappa shape index (κ3) is 3.17. The van der Waals surface area contributed by atoms with E-state index >= 15 is 0 Å². The molecule has 0 radical (unpaired) electrons. The lowest BCUT2D eigenvalue weighted by Crippen LogP contribution is -2.49. The van der Waals surface area contributed by atoms with E-state index in [4.69, 9.17) is 0 Å². The Kier molecular flexibility index (Phi) is 4.69. The number of hydrogen-bond donors (Lipinski definition) is 1. The Bertz CT molecular complexity index is 1050. The number of aromatic nitrogens is 1. The Hall–Kier alpha value is -3.41. The summed E-state index contributed by atoms with van der Waals surface area (Å²) in [6, 6.07) is 14.4. The number of H-pyrrole nitrogens is 1. The third-order valence-electron chi connectivity index (χ3n) is 5.15. The highest BCUT2D eigenvalue weighted by Crippen LogP contribution is 2.23. The molecule has 142 valence electrons. The summed E-state index contributed by atoms with van der Waals surface area (Å²) in [4.78, 5) is 31.9. The number of piperazine rings is 1. The van der Waals surface area contributed by atoms with E-state index in [0.717, 1.165) is 11.3 Å². The minimum Gasteiger partial charge on any atom is -0.368 e. The van der Waals surface area contributed by atoms with Crippen molar-refractivity contribution in [2.45, 2.75) is 0 Å². The molecule has 0 aliphatic carbocycles. The van der Waals surface area contributed by atoms with Gasteiger partial charge >= 0.3 is 0 Å². The topological polar surface area (TPSA) is 56.4 Å². The maximum absolute atomic E-state index is 14.1. The number of nitrogens with zero attached hydrogens (tertiary/aromatic N) is 2. The fraction of sp³-hybridized carbons (Fsp3) is 0.182. The zero-order valence-corrected chi connectivity index (χ0v) is 15.3. The SMILES string of the molecule is C=C(c1ccccc1)N1CCN(C(=O)C(=O)c2c[nH]c3cccc(F)c23)CC1. The van der Waals surface area contributed by atoms with Gasteiger partial charge in [0, 0.05) is 49.0 Å². The Morgan fingerprint density at radius 2 is 1.61 bits per heavy atom. The van der Waals surface area contributed by atoms with Crippen LogP contribution in [0.15, 0.2) is 61.3 Å². The monoisotopic (exact) mass is 377 g/mol. The normalized spacial score (nSPS) is 14.3. The first-order valence-corrected chi connectivity index (χ1v) is 9.14. The predicted octanol–water partition coefficient (Wildman–Crippen LogP) is 3.30. The molecule has 1 aromatic heterocycles. The number of fused-ring (bicyclic) bond motifs is 1. The zero-order valence-electron chi connectivity index (χ0n) is 15.3. The second-order valence-electron chi connectivity index (χ2n) is 6.79. The van der Waals surface area contributed by atoms with E-state index < -0.39 is 17.5 Å². The summed E-state index contributed by atoms with van der Waals surface area (Å²) >= 11 is 0. The van der Waals surface area contributed by atoms with E-state index in [0.29, 0.717) is 31.7 Å². The number of aromatic amines is 1. The van der Waals surface area contributed by atoms with Gasteiger partial charge in [-0.1, -0.05) is 43.0 Å². The number of carbonyl (C=O) groups is 2.